The topological polar surface area (TPSA) is 97.5 Å². The molecule has 0 radical (unpaired) electrons. The van der Waals surface area contributed by atoms with Crippen LogP contribution in [-0.2, 0) is 6.18 Å². The van der Waals surface area contributed by atoms with Crippen LogP contribution in [0, 0.1) is 23.2 Å². The standard InChI is InChI=1S/C29H26Cl2F3N3O3S/c30-20-2-1-3-21(31)23(20)24(35)18(26(38)13-4-5-13)7-6-14-8-17-9-16(14)12-37(17)28-36-25-19(29(32,33)34)10-15(27(39)40)11-22(25)41-28/h1-3,10-11,13-14,16-17,35,38H,4-9,12H2,(H,39,40)/b26-18-,35-24?/t14-,16+,17-/m1/s1. The molecule has 1 aliphatic heterocycles. The van der Waals surface area contributed by atoms with Crippen LogP contribution in [-0.4, -0.2) is 39.5 Å². The number of carboxylic acids is 1. The van der Waals surface area contributed by atoms with Gasteiger partial charge >= 0.3 is 12.1 Å². The first-order valence-corrected chi connectivity index (χ1v) is 15.0. The second-order valence-electron chi connectivity index (χ2n) is 11.1. The van der Waals surface area contributed by atoms with Gasteiger partial charge in [0.05, 0.1) is 37.1 Å². The Balaban J connectivity index is 1.19. The zero-order chi connectivity index (χ0) is 29.2. The van der Waals surface area contributed by atoms with E-state index in [-0.39, 0.29) is 33.6 Å². The second-order valence-corrected chi connectivity index (χ2v) is 12.9. The number of allylic oxidation sites excluding steroid dienone is 2. The first kappa shape index (κ1) is 28.3. The predicted octanol–water partition coefficient (Wildman–Crippen LogP) is 8.61. The molecule has 41 heavy (non-hydrogen) atoms. The summed E-state index contributed by atoms with van der Waals surface area (Å²) in [6.07, 6.45) is 0.0150. The molecular formula is C29H26Cl2F3N3O3S. The van der Waals surface area contributed by atoms with Gasteiger partial charge in [0.25, 0.3) is 0 Å². The molecule has 0 spiro atoms. The van der Waals surface area contributed by atoms with E-state index in [0.29, 0.717) is 57.2 Å². The highest BCUT2D eigenvalue weighted by Crippen LogP contribution is 2.49. The third kappa shape index (κ3) is 5.30. The molecule has 3 N–H and O–H groups in total. The number of hydrogen-bond donors (Lipinski definition) is 3. The number of hydrogen-bond acceptors (Lipinski definition) is 6. The van der Waals surface area contributed by atoms with Gasteiger partial charge in [0.2, 0.25) is 0 Å². The van der Waals surface area contributed by atoms with E-state index in [9.17, 15) is 28.2 Å². The summed E-state index contributed by atoms with van der Waals surface area (Å²) in [4.78, 5) is 17.8. The van der Waals surface area contributed by atoms with Crippen molar-refractivity contribution in [2.75, 3.05) is 11.4 Å². The van der Waals surface area contributed by atoms with Gasteiger partial charge in [-0.3, -0.25) is 5.41 Å². The first-order chi connectivity index (χ1) is 19.4. The van der Waals surface area contributed by atoms with E-state index >= 15 is 0 Å². The molecule has 2 saturated carbocycles. The number of aliphatic hydroxyl groups excluding tert-OH is 1. The summed E-state index contributed by atoms with van der Waals surface area (Å²) in [7, 11) is 0. The van der Waals surface area contributed by atoms with Gasteiger partial charge in [0.1, 0.15) is 5.76 Å². The molecule has 1 saturated heterocycles. The minimum absolute atomic E-state index is 0.0596. The lowest BCUT2D eigenvalue weighted by Gasteiger charge is -2.31. The Kier molecular flexibility index (Phi) is 7.23. The highest BCUT2D eigenvalue weighted by molar-refractivity contribution is 7.22. The Hall–Kier alpha value is -2.82. The number of anilines is 1. The molecule has 3 fully saturated rings. The van der Waals surface area contributed by atoms with Gasteiger partial charge in [-0.05, 0) is 74.6 Å². The summed E-state index contributed by atoms with van der Waals surface area (Å²) in [5, 5.41) is 30.4. The van der Waals surface area contributed by atoms with Crippen LogP contribution in [0.4, 0.5) is 18.3 Å². The lowest BCUT2D eigenvalue weighted by Crippen LogP contribution is -2.35. The van der Waals surface area contributed by atoms with E-state index in [0.717, 1.165) is 43.4 Å². The summed E-state index contributed by atoms with van der Waals surface area (Å²) in [6, 6.07) is 7.08. The number of carboxylic acid groups (broad SMARTS) is 1. The maximum Gasteiger partial charge on any atom is 0.418 e. The van der Waals surface area contributed by atoms with Crippen molar-refractivity contribution in [3.8, 4) is 0 Å². The Morgan fingerprint density at radius 1 is 1.15 bits per heavy atom. The number of carbonyl (C=O) groups is 1. The number of piperidine rings is 1. The Morgan fingerprint density at radius 3 is 2.44 bits per heavy atom. The van der Waals surface area contributed by atoms with E-state index in [1.165, 1.54) is 6.07 Å². The van der Waals surface area contributed by atoms with Crippen molar-refractivity contribution >= 4 is 61.6 Å². The van der Waals surface area contributed by atoms with Gasteiger partial charge in [0, 0.05) is 29.6 Å². The second kappa shape index (κ2) is 10.5. The van der Waals surface area contributed by atoms with Crippen LogP contribution in [0.15, 0.2) is 41.7 Å². The zero-order valence-electron chi connectivity index (χ0n) is 21.6. The Morgan fingerprint density at radius 2 is 1.85 bits per heavy atom. The van der Waals surface area contributed by atoms with Gasteiger partial charge < -0.3 is 15.1 Å². The molecule has 3 aromatic rings. The number of aromatic carboxylic acids is 1. The normalized spacial score (nSPS) is 22.9. The minimum Gasteiger partial charge on any atom is -0.512 e. The fraction of sp³-hybridized carbons (Fsp3) is 0.414. The maximum absolute atomic E-state index is 13.7. The molecule has 2 aromatic carbocycles. The molecule has 12 heteroatoms. The van der Waals surface area contributed by atoms with Gasteiger partial charge in [-0.1, -0.05) is 40.6 Å². The van der Waals surface area contributed by atoms with Gasteiger partial charge in [-0.2, -0.15) is 13.2 Å². The van der Waals surface area contributed by atoms with E-state index in [2.05, 4.69) is 9.88 Å². The molecule has 3 atom stereocenters. The van der Waals surface area contributed by atoms with Crippen molar-refractivity contribution in [3.05, 3.63) is 68.4 Å². The van der Waals surface area contributed by atoms with Gasteiger partial charge in [0.15, 0.2) is 5.13 Å². The lowest BCUT2D eigenvalue weighted by molar-refractivity contribution is -0.136. The number of rotatable bonds is 8. The average Bonchev–Trinajstić information content (AvgIpc) is 3.36. The van der Waals surface area contributed by atoms with Crippen LogP contribution < -0.4 is 4.90 Å². The number of benzene rings is 2. The molecule has 2 bridgehead atoms. The smallest absolute Gasteiger partial charge is 0.418 e. The van der Waals surface area contributed by atoms with E-state index in [1.807, 2.05) is 0 Å². The molecular weight excluding hydrogens is 598 g/mol. The average molecular weight is 625 g/mol. The summed E-state index contributed by atoms with van der Waals surface area (Å²) < 4.78 is 41.4. The summed E-state index contributed by atoms with van der Waals surface area (Å²) in [5.74, 6) is -0.491. The summed E-state index contributed by atoms with van der Waals surface area (Å²) >= 11 is 13.8. The molecule has 3 aliphatic rings. The molecule has 1 aromatic heterocycles. The number of thiazole rings is 1. The van der Waals surface area contributed by atoms with Crippen LogP contribution >= 0.6 is 34.5 Å². The molecule has 0 amide bonds. The minimum atomic E-state index is -4.72. The maximum atomic E-state index is 13.7. The first-order valence-electron chi connectivity index (χ1n) is 13.4. The van der Waals surface area contributed by atoms with Crippen molar-refractivity contribution in [1.29, 1.82) is 5.41 Å². The quantitative estimate of drug-likeness (QED) is 0.172. The van der Waals surface area contributed by atoms with Crippen LogP contribution in [0.1, 0.15) is 60.0 Å². The number of halogens is 5. The number of nitrogens with one attached hydrogen (secondary N) is 1. The fourth-order valence-electron chi connectivity index (χ4n) is 6.33. The number of aromatic nitrogens is 1. The van der Waals surface area contributed by atoms with Crippen LogP contribution in [0.25, 0.3) is 10.2 Å². The zero-order valence-corrected chi connectivity index (χ0v) is 24.0. The third-order valence-corrected chi connectivity index (χ3v) is 10.2. The molecule has 2 heterocycles. The molecule has 216 valence electrons. The molecule has 6 nitrogen and oxygen atoms in total. The molecule has 6 rings (SSSR count). The van der Waals surface area contributed by atoms with E-state index < -0.39 is 23.3 Å². The highest BCUT2D eigenvalue weighted by Gasteiger charge is 2.46. The summed E-state index contributed by atoms with van der Waals surface area (Å²) in [5.41, 5.74) is -0.535. The lowest BCUT2D eigenvalue weighted by atomic mass is 9.86. The largest absolute Gasteiger partial charge is 0.512 e. The van der Waals surface area contributed by atoms with Crippen molar-refractivity contribution in [2.24, 2.45) is 17.8 Å². The number of fused-ring (bicyclic) bond motifs is 3. The fourth-order valence-corrected chi connectivity index (χ4v) is 8.03. The Bertz CT molecular complexity index is 1580. The van der Waals surface area contributed by atoms with Crippen LogP contribution in [0.5, 0.6) is 0 Å². The van der Waals surface area contributed by atoms with E-state index in [1.54, 1.807) is 18.2 Å². The van der Waals surface area contributed by atoms with E-state index in [4.69, 9.17) is 28.6 Å². The van der Waals surface area contributed by atoms with Crippen LogP contribution in [0.2, 0.25) is 10.0 Å². The number of aliphatic hydroxyl groups is 1. The molecule has 2 aliphatic carbocycles. The van der Waals surface area contributed by atoms with Crippen molar-refractivity contribution in [1.82, 2.24) is 4.98 Å². The molecule has 0 unspecified atom stereocenters. The SMILES string of the molecule is N=C(/C(CC[C@@H]1C[C@@H]2C[C@H]1CN2c1nc2c(C(F)(F)F)cc(C(=O)O)cc2s1)=C(\O)C1CC1)c1c(Cl)cccc1Cl. The number of alkyl halides is 3. The van der Waals surface area contributed by atoms with Gasteiger partial charge in [-0.25, -0.2) is 9.78 Å². The summed E-state index contributed by atoms with van der Waals surface area (Å²) in [6.45, 7) is 0.643. The Labute approximate surface area is 247 Å². The van der Waals surface area contributed by atoms with Crippen LogP contribution in [0.3, 0.4) is 0 Å². The highest BCUT2D eigenvalue weighted by atomic mass is 35.5. The number of nitrogens with zero attached hydrogens (tertiary/aromatic N) is 2. The monoisotopic (exact) mass is 623 g/mol. The predicted molar refractivity (Wildman–Crippen MR) is 154 cm³/mol. The van der Waals surface area contributed by atoms with Crippen molar-refractivity contribution < 1.29 is 28.2 Å². The third-order valence-electron chi connectivity index (χ3n) is 8.52. The van der Waals surface area contributed by atoms with Crippen molar-refractivity contribution in [3.63, 3.8) is 0 Å². The van der Waals surface area contributed by atoms with Gasteiger partial charge in [-0.15, -0.1) is 0 Å². The van der Waals surface area contributed by atoms with Crippen molar-refractivity contribution in [2.45, 2.75) is 50.7 Å².